The third-order valence-corrected chi connectivity index (χ3v) is 7.98. The van der Waals surface area contributed by atoms with E-state index < -0.39 is 15.9 Å². The Hall–Kier alpha value is -3.60. The van der Waals surface area contributed by atoms with Crippen LogP contribution in [0.4, 0.5) is 11.4 Å². The number of hydrogen-bond acceptors (Lipinski definition) is 7. The van der Waals surface area contributed by atoms with Crippen LogP contribution in [0, 0.1) is 11.8 Å². The van der Waals surface area contributed by atoms with Crippen molar-refractivity contribution in [1.82, 2.24) is 4.90 Å². The smallest absolute Gasteiger partial charge is 0.265 e. The summed E-state index contributed by atoms with van der Waals surface area (Å²) in [6.07, 6.45) is 3.21. The topological polar surface area (TPSA) is 131 Å². The molecule has 0 bridgehead atoms. The largest absolute Gasteiger partial charge is 0.497 e. The first-order valence-corrected chi connectivity index (χ1v) is 13.2. The highest BCUT2D eigenvalue weighted by atomic mass is 32.2. The van der Waals surface area contributed by atoms with Gasteiger partial charge in [0.15, 0.2) is 0 Å². The molecule has 2 fully saturated rings. The number of likely N-dealkylation sites (tertiary alicyclic amines) is 1. The molecular weight excluding hydrogens is 486 g/mol. The SMILES string of the molecule is COc1ccc(NS(=O)(=O)c2cc(NC(=O)CCN3C(=O)[C@H]4CCCC[C@H]4C3=O)ccc2OC)cc1. The number of nitrogens with one attached hydrogen (secondary N) is 2. The van der Waals surface area contributed by atoms with Gasteiger partial charge < -0.3 is 14.8 Å². The van der Waals surface area contributed by atoms with Crippen LogP contribution in [0.1, 0.15) is 32.1 Å². The first kappa shape index (κ1) is 25.5. The van der Waals surface area contributed by atoms with Crippen molar-refractivity contribution in [2.45, 2.75) is 37.0 Å². The normalized spacial score (nSPS) is 19.6. The molecule has 1 aliphatic heterocycles. The van der Waals surface area contributed by atoms with Crippen LogP contribution < -0.4 is 19.5 Å². The van der Waals surface area contributed by atoms with Gasteiger partial charge in [0, 0.05) is 24.3 Å². The first-order valence-electron chi connectivity index (χ1n) is 11.7. The van der Waals surface area contributed by atoms with E-state index >= 15 is 0 Å². The quantitative estimate of drug-likeness (QED) is 0.491. The molecule has 2 aromatic carbocycles. The van der Waals surface area contributed by atoms with E-state index in [2.05, 4.69) is 10.0 Å². The van der Waals surface area contributed by atoms with Gasteiger partial charge in [-0.2, -0.15) is 0 Å². The molecule has 4 rings (SSSR count). The molecule has 0 radical (unpaired) electrons. The summed E-state index contributed by atoms with van der Waals surface area (Å²) in [6, 6.07) is 10.6. The van der Waals surface area contributed by atoms with Gasteiger partial charge in [-0.25, -0.2) is 8.42 Å². The molecule has 192 valence electrons. The lowest BCUT2D eigenvalue weighted by molar-refractivity contribution is -0.140. The van der Waals surface area contributed by atoms with E-state index in [4.69, 9.17) is 9.47 Å². The Morgan fingerprint density at radius 1 is 0.944 bits per heavy atom. The van der Waals surface area contributed by atoms with Crippen molar-refractivity contribution in [3.63, 3.8) is 0 Å². The van der Waals surface area contributed by atoms with Crippen molar-refractivity contribution in [3.8, 4) is 11.5 Å². The highest BCUT2D eigenvalue weighted by molar-refractivity contribution is 7.92. The van der Waals surface area contributed by atoms with Gasteiger partial charge in [0.05, 0.1) is 26.1 Å². The maximum atomic E-state index is 13.1. The predicted molar refractivity (Wildman–Crippen MR) is 132 cm³/mol. The second kappa shape index (κ2) is 10.6. The molecule has 0 spiro atoms. The van der Waals surface area contributed by atoms with Gasteiger partial charge in [-0.1, -0.05) is 12.8 Å². The van der Waals surface area contributed by atoms with Gasteiger partial charge in [-0.05, 0) is 55.3 Å². The van der Waals surface area contributed by atoms with E-state index in [0.29, 0.717) is 24.3 Å². The van der Waals surface area contributed by atoms with Crippen LogP contribution in [0.25, 0.3) is 0 Å². The molecule has 2 N–H and O–H groups in total. The first-order chi connectivity index (χ1) is 17.2. The van der Waals surface area contributed by atoms with Crippen LogP contribution in [-0.4, -0.2) is 51.8 Å². The van der Waals surface area contributed by atoms with E-state index in [-0.39, 0.29) is 52.9 Å². The number of rotatable bonds is 9. The summed E-state index contributed by atoms with van der Waals surface area (Å²) in [4.78, 5) is 38.9. The van der Waals surface area contributed by atoms with Crippen LogP contribution in [0.2, 0.25) is 0 Å². The number of sulfonamides is 1. The van der Waals surface area contributed by atoms with E-state index in [1.54, 1.807) is 24.3 Å². The molecule has 1 saturated heterocycles. The molecular formula is C25H29N3O7S. The van der Waals surface area contributed by atoms with Crippen molar-refractivity contribution < 1.29 is 32.3 Å². The van der Waals surface area contributed by atoms with Crippen molar-refractivity contribution in [2.24, 2.45) is 11.8 Å². The second-order valence-electron chi connectivity index (χ2n) is 8.82. The Morgan fingerprint density at radius 3 is 2.14 bits per heavy atom. The minimum atomic E-state index is -4.05. The number of amides is 3. The van der Waals surface area contributed by atoms with Crippen LogP contribution in [0.3, 0.4) is 0 Å². The third kappa shape index (κ3) is 5.30. The van der Waals surface area contributed by atoms with Gasteiger partial charge in [0.25, 0.3) is 10.0 Å². The minimum Gasteiger partial charge on any atom is -0.497 e. The van der Waals surface area contributed by atoms with Crippen LogP contribution >= 0.6 is 0 Å². The standard InChI is InChI=1S/C25H29N3O7S/c1-34-18-10-7-16(8-11-18)27-36(32,33)22-15-17(9-12-21(22)35-2)26-23(29)13-14-28-24(30)19-5-3-4-6-20(19)25(28)31/h7-12,15,19-20,27H,3-6,13-14H2,1-2H3,(H,26,29)/t19-,20+. The number of carbonyl (C=O) groups is 3. The molecule has 3 amide bonds. The number of imide groups is 1. The summed E-state index contributed by atoms with van der Waals surface area (Å²) in [5.41, 5.74) is 0.566. The van der Waals surface area contributed by atoms with Gasteiger partial charge >= 0.3 is 0 Å². The van der Waals surface area contributed by atoms with Crippen LogP contribution in [-0.2, 0) is 24.4 Å². The summed E-state index contributed by atoms with van der Waals surface area (Å²) < 4.78 is 38.9. The fourth-order valence-electron chi connectivity index (χ4n) is 4.72. The van der Waals surface area contributed by atoms with Gasteiger partial charge in [0.1, 0.15) is 16.4 Å². The van der Waals surface area contributed by atoms with E-state index in [1.807, 2.05) is 0 Å². The molecule has 1 heterocycles. The third-order valence-electron chi connectivity index (χ3n) is 6.57. The molecule has 10 nitrogen and oxygen atoms in total. The molecule has 2 atom stereocenters. The van der Waals surface area contributed by atoms with Gasteiger partial charge in [-0.3, -0.25) is 24.0 Å². The number of anilines is 2. The Kier molecular flexibility index (Phi) is 7.48. The molecule has 1 saturated carbocycles. The molecule has 2 aliphatic rings. The lowest BCUT2D eigenvalue weighted by Crippen LogP contribution is -2.34. The zero-order valence-electron chi connectivity index (χ0n) is 20.2. The lowest BCUT2D eigenvalue weighted by atomic mass is 9.81. The number of nitrogens with zero attached hydrogens (tertiary/aromatic N) is 1. The molecule has 36 heavy (non-hydrogen) atoms. The summed E-state index contributed by atoms with van der Waals surface area (Å²) in [5.74, 6) is -0.674. The Morgan fingerprint density at radius 2 is 1.56 bits per heavy atom. The zero-order chi connectivity index (χ0) is 25.9. The van der Waals surface area contributed by atoms with E-state index in [9.17, 15) is 22.8 Å². The number of hydrogen-bond donors (Lipinski definition) is 2. The van der Waals surface area contributed by atoms with Crippen molar-refractivity contribution in [1.29, 1.82) is 0 Å². The van der Waals surface area contributed by atoms with Gasteiger partial charge in [0.2, 0.25) is 17.7 Å². The van der Waals surface area contributed by atoms with Crippen LogP contribution in [0.5, 0.6) is 11.5 Å². The summed E-state index contributed by atoms with van der Waals surface area (Å²) >= 11 is 0. The molecule has 0 unspecified atom stereocenters. The lowest BCUT2D eigenvalue weighted by Gasteiger charge is -2.19. The van der Waals surface area contributed by atoms with Crippen LogP contribution in [0.15, 0.2) is 47.4 Å². The monoisotopic (exact) mass is 515 g/mol. The zero-order valence-corrected chi connectivity index (χ0v) is 21.0. The Labute approximate surface area is 210 Å². The second-order valence-corrected chi connectivity index (χ2v) is 10.5. The number of benzene rings is 2. The Bertz CT molecular complexity index is 1240. The molecule has 1 aliphatic carbocycles. The number of ether oxygens (including phenoxy) is 2. The maximum absolute atomic E-state index is 13.1. The minimum absolute atomic E-state index is 0.00314. The Balaban J connectivity index is 1.43. The number of methoxy groups -OCH3 is 2. The van der Waals surface area contributed by atoms with E-state index in [0.717, 1.165) is 12.8 Å². The predicted octanol–water partition coefficient (Wildman–Crippen LogP) is 3.01. The van der Waals surface area contributed by atoms with Crippen molar-refractivity contribution >= 4 is 39.1 Å². The highest BCUT2D eigenvalue weighted by Crippen LogP contribution is 2.38. The fourth-order valence-corrected chi connectivity index (χ4v) is 5.98. The average molecular weight is 516 g/mol. The summed E-state index contributed by atoms with van der Waals surface area (Å²) in [6.45, 7) is -0.00314. The van der Waals surface area contributed by atoms with Crippen molar-refractivity contribution in [3.05, 3.63) is 42.5 Å². The summed E-state index contributed by atoms with van der Waals surface area (Å²) in [7, 11) is -1.19. The molecule has 11 heteroatoms. The number of fused-ring (bicyclic) bond motifs is 1. The van der Waals surface area contributed by atoms with Crippen molar-refractivity contribution in [2.75, 3.05) is 30.8 Å². The molecule has 0 aromatic heterocycles. The van der Waals surface area contributed by atoms with Gasteiger partial charge in [-0.15, -0.1) is 0 Å². The number of carbonyl (C=O) groups excluding carboxylic acids is 3. The maximum Gasteiger partial charge on any atom is 0.265 e. The average Bonchev–Trinajstić information content (AvgIpc) is 3.12. The van der Waals surface area contributed by atoms with E-state index in [1.165, 1.54) is 37.3 Å². The molecule has 2 aromatic rings. The summed E-state index contributed by atoms with van der Waals surface area (Å²) in [5, 5.41) is 2.65. The fraction of sp³-hybridized carbons (Fsp3) is 0.400. The highest BCUT2D eigenvalue weighted by Gasteiger charge is 2.47.